The van der Waals surface area contributed by atoms with Gasteiger partial charge in [-0.05, 0) is 31.2 Å². The number of halogens is 6. The minimum absolute atomic E-state index is 0.219. The van der Waals surface area contributed by atoms with Crippen LogP contribution in [0.5, 0.6) is 0 Å². The number of benzene rings is 1. The van der Waals surface area contributed by atoms with E-state index in [9.17, 15) is 31.1 Å². The van der Waals surface area contributed by atoms with Crippen LogP contribution in [0.4, 0.5) is 32.0 Å². The van der Waals surface area contributed by atoms with Gasteiger partial charge in [-0.15, -0.1) is 0 Å². The fraction of sp³-hybridized carbons (Fsp3) is 0.364. The molecule has 0 saturated heterocycles. The van der Waals surface area contributed by atoms with Crippen molar-refractivity contribution >= 4 is 11.6 Å². The number of hydrogen-bond donors (Lipinski definition) is 2. The van der Waals surface area contributed by atoms with Gasteiger partial charge in [0.15, 0.2) is 5.54 Å². The first-order valence-electron chi connectivity index (χ1n) is 5.20. The molecule has 0 radical (unpaired) electrons. The first kappa shape index (κ1) is 16.3. The predicted molar refractivity (Wildman–Crippen MR) is 58.7 cm³/mol. The Morgan fingerprint density at radius 1 is 1.05 bits per heavy atom. The molecule has 0 bridgehead atoms. The summed E-state index contributed by atoms with van der Waals surface area (Å²) in [6.07, 6.45) is -9.56. The average Bonchev–Trinajstić information content (AvgIpc) is 2.26. The molecule has 1 atom stereocenters. The van der Waals surface area contributed by atoms with Crippen LogP contribution in [0.15, 0.2) is 24.3 Å². The number of anilines is 1. The molecule has 0 heterocycles. The van der Waals surface area contributed by atoms with E-state index in [2.05, 4.69) is 0 Å². The number of carbonyl (C=O) groups excluding carboxylic acids is 1. The van der Waals surface area contributed by atoms with Crippen LogP contribution in [-0.2, 0) is 11.0 Å². The van der Waals surface area contributed by atoms with Gasteiger partial charge in [0.2, 0.25) is 0 Å². The molecule has 112 valence electrons. The van der Waals surface area contributed by atoms with Gasteiger partial charge in [0, 0.05) is 5.69 Å². The van der Waals surface area contributed by atoms with E-state index in [1.54, 1.807) is 0 Å². The molecule has 0 aliphatic heterocycles. The fourth-order valence-electron chi connectivity index (χ4n) is 1.13. The van der Waals surface area contributed by atoms with Gasteiger partial charge in [0.1, 0.15) is 0 Å². The van der Waals surface area contributed by atoms with Gasteiger partial charge in [-0.3, -0.25) is 4.79 Å². The van der Waals surface area contributed by atoms with Crippen LogP contribution in [0.25, 0.3) is 0 Å². The van der Waals surface area contributed by atoms with E-state index >= 15 is 0 Å². The first-order chi connectivity index (χ1) is 8.85. The average molecular weight is 300 g/mol. The van der Waals surface area contributed by atoms with E-state index in [1.807, 2.05) is 5.32 Å². The highest BCUT2D eigenvalue weighted by molar-refractivity contribution is 5.98. The standard InChI is InChI=1S/C11H10F6N2O/c1-9(18,11(15,16)17)8(20)19-7-4-2-6(3-5-7)10(12,13)14/h2-5H,18H2,1H3,(H,19,20). The molecular weight excluding hydrogens is 290 g/mol. The van der Waals surface area contributed by atoms with Crippen molar-refractivity contribution in [1.82, 2.24) is 0 Å². The van der Waals surface area contributed by atoms with Crippen molar-refractivity contribution < 1.29 is 31.1 Å². The Balaban J connectivity index is 2.88. The smallest absolute Gasteiger partial charge is 0.324 e. The summed E-state index contributed by atoms with van der Waals surface area (Å²) < 4.78 is 74.2. The van der Waals surface area contributed by atoms with E-state index in [0.717, 1.165) is 12.1 Å². The summed E-state index contributed by atoms with van der Waals surface area (Å²) >= 11 is 0. The largest absolute Gasteiger partial charge is 0.416 e. The summed E-state index contributed by atoms with van der Waals surface area (Å²) in [5.74, 6) is -1.57. The molecule has 1 aromatic carbocycles. The molecule has 1 rings (SSSR count). The third-order valence-electron chi connectivity index (χ3n) is 2.53. The number of amides is 1. The maximum Gasteiger partial charge on any atom is 0.416 e. The van der Waals surface area contributed by atoms with Crippen LogP contribution in [0.1, 0.15) is 12.5 Å². The second-order valence-corrected chi connectivity index (χ2v) is 4.23. The minimum Gasteiger partial charge on any atom is -0.324 e. The Morgan fingerprint density at radius 2 is 1.50 bits per heavy atom. The van der Waals surface area contributed by atoms with Crippen molar-refractivity contribution in [2.75, 3.05) is 5.32 Å². The highest BCUT2D eigenvalue weighted by Crippen LogP contribution is 2.31. The van der Waals surface area contributed by atoms with Crippen LogP contribution in [0, 0.1) is 0 Å². The van der Waals surface area contributed by atoms with Crippen LogP contribution in [-0.4, -0.2) is 17.6 Å². The lowest BCUT2D eigenvalue weighted by Crippen LogP contribution is -2.59. The van der Waals surface area contributed by atoms with Crippen molar-refractivity contribution in [2.24, 2.45) is 5.73 Å². The number of nitrogens with two attached hydrogens (primary N) is 1. The maximum absolute atomic E-state index is 12.5. The molecule has 0 saturated carbocycles. The second-order valence-electron chi connectivity index (χ2n) is 4.23. The number of alkyl halides is 6. The summed E-state index contributed by atoms with van der Waals surface area (Å²) in [4.78, 5) is 11.4. The molecule has 1 amide bonds. The predicted octanol–water partition coefficient (Wildman–Crippen LogP) is 2.92. The summed E-state index contributed by atoms with van der Waals surface area (Å²) in [5.41, 5.74) is 0.521. The van der Waals surface area contributed by atoms with E-state index in [4.69, 9.17) is 5.73 Å². The van der Waals surface area contributed by atoms with E-state index in [-0.39, 0.29) is 5.69 Å². The van der Waals surface area contributed by atoms with Crippen molar-refractivity contribution in [3.63, 3.8) is 0 Å². The summed E-state index contributed by atoms with van der Waals surface area (Å²) in [6.45, 7) is 0.465. The highest BCUT2D eigenvalue weighted by Gasteiger charge is 2.53. The number of hydrogen-bond acceptors (Lipinski definition) is 2. The van der Waals surface area contributed by atoms with Gasteiger partial charge in [-0.25, -0.2) is 0 Å². The van der Waals surface area contributed by atoms with Crippen LogP contribution in [0.3, 0.4) is 0 Å². The van der Waals surface area contributed by atoms with Crippen molar-refractivity contribution in [3.8, 4) is 0 Å². The summed E-state index contributed by atoms with van der Waals surface area (Å²) in [6, 6.07) is 2.95. The SMILES string of the molecule is CC(N)(C(=O)Nc1ccc(C(F)(F)F)cc1)C(F)(F)F. The molecule has 3 nitrogen and oxygen atoms in total. The fourth-order valence-corrected chi connectivity index (χ4v) is 1.13. The molecule has 0 aromatic heterocycles. The third kappa shape index (κ3) is 3.41. The second kappa shape index (κ2) is 4.97. The number of rotatable bonds is 2. The molecule has 0 fully saturated rings. The molecule has 1 unspecified atom stereocenters. The molecule has 0 aliphatic rings. The van der Waals surface area contributed by atoms with Crippen LogP contribution < -0.4 is 11.1 Å². The molecule has 20 heavy (non-hydrogen) atoms. The minimum atomic E-state index is -4.98. The molecule has 3 N–H and O–H groups in total. The zero-order valence-electron chi connectivity index (χ0n) is 10.1. The molecular formula is C11H10F6N2O. The maximum atomic E-state index is 12.5. The molecule has 9 heteroatoms. The van der Waals surface area contributed by atoms with Crippen LogP contribution in [0.2, 0.25) is 0 Å². The van der Waals surface area contributed by atoms with E-state index in [0.29, 0.717) is 19.1 Å². The Labute approximate surface area is 109 Å². The van der Waals surface area contributed by atoms with Crippen molar-refractivity contribution in [1.29, 1.82) is 0 Å². The Hall–Kier alpha value is -1.77. The van der Waals surface area contributed by atoms with E-state index in [1.165, 1.54) is 0 Å². The van der Waals surface area contributed by atoms with Gasteiger partial charge in [-0.1, -0.05) is 0 Å². The Kier molecular flexibility index (Phi) is 4.04. The van der Waals surface area contributed by atoms with Crippen LogP contribution >= 0.6 is 0 Å². The summed E-state index contributed by atoms with van der Waals surface area (Å²) in [5, 5.41) is 1.82. The molecule has 0 spiro atoms. The third-order valence-corrected chi connectivity index (χ3v) is 2.53. The number of carbonyl (C=O) groups is 1. The lowest BCUT2D eigenvalue weighted by molar-refractivity contribution is -0.184. The lowest BCUT2D eigenvalue weighted by atomic mass is 10.0. The lowest BCUT2D eigenvalue weighted by Gasteiger charge is -2.26. The summed E-state index contributed by atoms with van der Waals surface area (Å²) in [7, 11) is 0. The molecule has 0 aliphatic carbocycles. The number of nitrogens with one attached hydrogen (secondary N) is 1. The van der Waals surface area contributed by atoms with Gasteiger partial charge >= 0.3 is 12.4 Å². The zero-order valence-corrected chi connectivity index (χ0v) is 10.1. The van der Waals surface area contributed by atoms with Crippen molar-refractivity contribution in [2.45, 2.75) is 24.8 Å². The normalized spacial score (nSPS) is 15.6. The van der Waals surface area contributed by atoms with E-state index < -0.39 is 29.4 Å². The monoisotopic (exact) mass is 300 g/mol. The zero-order chi connectivity index (χ0) is 15.8. The highest BCUT2D eigenvalue weighted by atomic mass is 19.4. The topological polar surface area (TPSA) is 55.1 Å². The Morgan fingerprint density at radius 3 is 1.85 bits per heavy atom. The quantitative estimate of drug-likeness (QED) is 0.825. The first-order valence-corrected chi connectivity index (χ1v) is 5.20. The Bertz CT molecular complexity index is 489. The van der Waals surface area contributed by atoms with Gasteiger partial charge in [0.05, 0.1) is 5.56 Å². The van der Waals surface area contributed by atoms with Gasteiger partial charge in [-0.2, -0.15) is 26.3 Å². The van der Waals surface area contributed by atoms with Gasteiger partial charge in [0.25, 0.3) is 5.91 Å². The van der Waals surface area contributed by atoms with Crippen molar-refractivity contribution in [3.05, 3.63) is 29.8 Å². The van der Waals surface area contributed by atoms with Gasteiger partial charge < -0.3 is 11.1 Å². The molecule has 1 aromatic rings.